The third-order valence-corrected chi connectivity index (χ3v) is 3.56. The molecule has 2 aromatic carbocycles. The molecule has 2 rings (SSSR count). The molecule has 2 aromatic rings. The highest BCUT2D eigenvalue weighted by Gasteiger charge is 2.09. The van der Waals surface area contributed by atoms with Crippen LogP contribution in [0, 0.1) is 25.2 Å². The van der Waals surface area contributed by atoms with E-state index in [1.807, 2.05) is 32.0 Å². The maximum Gasteiger partial charge on any atom is 0.121 e. The lowest BCUT2D eigenvalue weighted by molar-refractivity contribution is 0.415. The largest absolute Gasteiger partial charge is 0.497 e. The number of aryl methyl sites for hydroxylation is 2. The zero-order valence-corrected chi connectivity index (χ0v) is 13.2. The van der Waals surface area contributed by atoms with Crippen LogP contribution in [-0.2, 0) is 0 Å². The standard InChI is InChI=1S/C16H15BrN2O/c1-10-6-13(17)7-11(2)16(10)19-15-8-14(20-3)5-4-12(15)9-18/h4-8,19H,1-3H3. The van der Waals surface area contributed by atoms with Crippen LogP contribution in [0.1, 0.15) is 16.7 Å². The van der Waals surface area contributed by atoms with Gasteiger partial charge in [0.1, 0.15) is 11.8 Å². The second-order valence-corrected chi connectivity index (χ2v) is 5.48. The fraction of sp³-hybridized carbons (Fsp3) is 0.188. The average molecular weight is 331 g/mol. The predicted octanol–water partition coefficient (Wildman–Crippen LogP) is 4.69. The summed E-state index contributed by atoms with van der Waals surface area (Å²) in [6, 6.07) is 11.6. The quantitative estimate of drug-likeness (QED) is 0.887. The van der Waals surface area contributed by atoms with Gasteiger partial charge in [-0.3, -0.25) is 0 Å². The fourth-order valence-corrected chi connectivity index (χ4v) is 2.78. The number of anilines is 2. The molecule has 0 fully saturated rings. The fourth-order valence-electron chi connectivity index (χ4n) is 2.09. The number of halogens is 1. The third-order valence-electron chi connectivity index (χ3n) is 3.10. The Balaban J connectivity index is 2.47. The first-order valence-electron chi connectivity index (χ1n) is 6.17. The lowest BCUT2D eigenvalue weighted by atomic mass is 10.1. The van der Waals surface area contributed by atoms with Gasteiger partial charge in [0.05, 0.1) is 18.4 Å². The summed E-state index contributed by atoms with van der Waals surface area (Å²) in [7, 11) is 1.61. The molecular formula is C16H15BrN2O. The van der Waals surface area contributed by atoms with E-state index in [0.29, 0.717) is 5.56 Å². The van der Waals surface area contributed by atoms with Crippen molar-refractivity contribution >= 4 is 27.3 Å². The molecule has 0 bridgehead atoms. The minimum Gasteiger partial charge on any atom is -0.497 e. The highest BCUT2D eigenvalue weighted by molar-refractivity contribution is 9.10. The Kier molecular flexibility index (Phi) is 4.31. The van der Waals surface area contributed by atoms with Gasteiger partial charge in [0.25, 0.3) is 0 Å². The first-order valence-corrected chi connectivity index (χ1v) is 6.96. The molecule has 0 heterocycles. The molecule has 4 heteroatoms. The number of hydrogen-bond donors (Lipinski definition) is 1. The number of methoxy groups -OCH3 is 1. The number of benzene rings is 2. The smallest absolute Gasteiger partial charge is 0.121 e. The molecule has 0 radical (unpaired) electrons. The summed E-state index contributed by atoms with van der Waals surface area (Å²) in [4.78, 5) is 0. The monoisotopic (exact) mass is 330 g/mol. The Morgan fingerprint density at radius 1 is 1.15 bits per heavy atom. The molecule has 0 atom stereocenters. The number of nitrogens with one attached hydrogen (secondary N) is 1. The lowest BCUT2D eigenvalue weighted by Crippen LogP contribution is -1.99. The molecule has 0 amide bonds. The zero-order valence-electron chi connectivity index (χ0n) is 11.6. The highest BCUT2D eigenvalue weighted by atomic mass is 79.9. The van der Waals surface area contributed by atoms with Crippen LogP contribution >= 0.6 is 15.9 Å². The highest BCUT2D eigenvalue weighted by Crippen LogP contribution is 2.31. The summed E-state index contributed by atoms with van der Waals surface area (Å²) in [5.41, 5.74) is 4.58. The van der Waals surface area contributed by atoms with Gasteiger partial charge >= 0.3 is 0 Å². The summed E-state index contributed by atoms with van der Waals surface area (Å²) < 4.78 is 6.26. The SMILES string of the molecule is COc1ccc(C#N)c(Nc2c(C)cc(Br)cc2C)c1. The zero-order chi connectivity index (χ0) is 14.7. The molecule has 0 unspecified atom stereocenters. The molecular weight excluding hydrogens is 316 g/mol. The van der Waals surface area contributed by atoms with Crippen molar-refractivity contribution in [3.63, 3.8) is 0 Å². The summed E-state index contributed by atoms with van der Waals surface area (Å²) >= 11 is 3.48. The van der Waals surface area contributed by atoms with E-state index in [1.54, 1.807) is 19.2 Å². The van der Waals surface area contributed by atoms with Crippen LogP contribution in [0.15, 0.2) is 34.8 Å². The second-order valence-electron chi connectivity index (χ2n) is 4.56. The molecule has 0 aromatic heterocycles. The number of nitrogens with zero attached hydrogens (tertiary/aromatic N) is 1. The van der Waals surface area contributed by atoms with Crippen LogP contribution in [0.2, 0.25) is 0 Å². The van der Waals surface area contributed by atoms with Gasteiger partial charge in [-0.25, -0.2) is 0 Å². The number of hydrogen-bond acceptors (Lipinski definition) is 3. The summed E-state index contributed by atoms with van der Waals surface area (Å²) in [6.45, 7) is 4.07. The van der Waals surface area contributed by atoms with E-state index in [0.717, 1.165) is 32.7 Å². The normalized spacial score (nSPS) is 9.95. The van der Waals surface area contributed by atoms with Crippen molar-refractivity contribution < 1.29 is 4.74 Å². The van der Waals surface area contributed by atoms with E-state index < -0.39 is 0 Å². The molecule has 0 saturated carbocycles. The van der Waals surface area contributed by atoms with Gasteiger partial charge in [0, 0.05) is 16.2 Å². The van der Waals surface area contributed by atoms with Gasteiger partial charge in [-0.15, -0.1) is 0 Å². The molecule has 3 nitrogen and oxygen atoms in total. The van der Waals surface area contributed by atoms with Crippen LogP contribution in [-0.4, -0.2) is 7.11 Å². The Bertz CT molecular complexity index is 666. The second kappa shape index (κ2) is 5.98. The maximum absolute atomic E-state index is 9.20. The van der Waals surface area contributed by atoms with E-state index >= 15 is 0 Å². The summed E-state index contributed by atoms with van der Waals surface area (Å²) in [5.74, 6) is 0.721. The molecule has 1 N–H and O–H groups in total. The molecule has 0 aliphatic heterocycles. The van der Waals surface area contributed by atoms with Crippen molar-refractivity contribution in [2.45, 2.75) is 13.8 Å². The Morgan fingerprint density at radius 2 is 1.80 bits per heavy atom. The van der Waals surface area contributed by atoms with E-state index in [2.05, 4.69) is 27.3 Å². The predicted molar refractivity (Wildman–Crippen MR) is 84.6 cm³/mol. The Labute approximate surface area is 127 Å². The van der Waals surface area contributed by atoms with Gasteiger partial charge in [0.2, 0.25) is 0 Å². The number of rotatable bonds is 3. The topological polar surface area (TPSA) is 45.0 Å². The van der Waals surface area contributed by atoms with Crippen molar-refractivity contribution in [2.75, 3.05) is 12.4 Å². The number of nitriles is 1. The first-order chi connectivity index (χ1) is 9.55. The van der Waals surface area contributed by atoms with E-state index in [4.69, 9.17) is 4.74 Å². The summed E-state index contributed by atoms with van der Waals surface area (Å²) in [6.07, 6.45) is 0. The van der Waals surface area contributed by atoms with E-state index in [-0.39, 0.29) is 0 Å². The lowest BCUT2D eigenvalue weighted by Gasteiger charge is -2.15. The summed E-state index contributed by atoms with van der Waals surface area (Å²) in [5, 5.41) is 12.5. The minimum atomic E-state index is 0.590. The molecule has 20 heavy (non-hydrogen) atoms. The van der Waals surface area contributed by atoms with Crippen LogP contribution in [0.25, 0.3) is 0 Å². The molecule has 0 saturated heterocycles. The maximum atomic E-state index is 9.20. The van der Waals surface area contributed by atoms with Gasteiger partial charge in [0.15, 0.2) is 0 Å². The Morgan fingerprint density at radius 3 is 2.35 bits per heavy atom. The third kappa shape index (κ3) is 2.94. The Hall–Kier alpha value is -1.99. The molecule has 0 aliphatic carbocycles. The van der Waals surface area contributed by atoms with Crippen LogP contribution < -0.4 is 10.1 Å². The van der Waals surface area contributed by atoms with Crippen LogP contribution in [0.3, 0.4) is 0 Å². The van der Waals surface area contributed by atoms with E-state index in [1.165, 1.54) is 0 Å². The van der Waals surface area contributed by atoms with Gasteiger partial charge in [-0.05, 0) is 49.2 Å². The average Bonchev–Trinajstić information content (AvgIpc) is 2.42. The molecule has 0 aliphatic rings. The van der Waals surface area contributed by atoms with E-state index in [9.17, 15) is 5.26 Å². The van der Waals surface area contributed by atoms with Crippen molar-refractivity contribution in [3.05, 3.63) is 51.5 Å². The van der Waals surface area contributed by atoms with Gasteiger partial charge < -0.3 is 10.1 Å². The van der Waals surface area contributed by atoms with Crippen LogP contribution in [0.4, 0.5) is 11.4 Å². The van der Waals surface area contributed by atoms with Gasteiger partial charge in [-0.2, -0.15) is 5.26 Å². The first kappa shape index (κ1) is 14.4. The van der Waals surface area contributed by atoms with Gasteiger partial charge in [-0.1, -0.05) is 15.9 Å². The van der Waals surface area contributed by atoms with Crippen molar-refractivity contribution in [1.29, 1.82) is 5.26 Å². The van der Waals surface area contributed by atoms with Crippen LogP contribution in [0.5, 0.6) is 5.75 Å². The molecule has 102 valence electrons. The van der Waals surface area contributed by atoms with Crippen molar-refractivity contribution in [1.82, 2.24) is 0 Å². The van der Waals surface area contributed by atoms with Crippen molar-refractivity contribution in [2.24, 2.45) is 0 Å². The molecule has 0 spiro atoms. The number of ether oxygens (including phenoxy) is 1. The minimum absolute atomic E-state index is 0.590. The van der Waals surface area contributed by atoms with Crippen molar-refractivity contribution in [3.8, 4) is 11.8 Å².